The predicted molar refractivity (Wildman–Crippen MR) is 86.5 cm³/mol. The zero-order valence-corrected chi connectivity index (χ0v) is 13.4. The summed E-state index contributed by atoms with van der Waals surface area (Å²) in [5.74, 6) is -0.107. The first-order valence-corrected chi connectivity index (χ1v) is 8.35. The maximum absolute atomic E-state index is 12.3. The maximum Gasteiger partial charge on any atom is 0.263 e. The number of halogens is 1. The summed E-state index contributed by atoms with van der Waals surface area (Å²) in [5.41, 5.74) is 1.20. The van der Waals surface area contributed by atoms with Crippen molar-refractivity contribution < 1.29 is 13.2 Å². The van der Waals surface area contributed by atoms with Gasteiger partial charge in [0.2, 0.25) is 5.91 Å². The van der Waals surface area contributed by atoms with E-state index in [0.717, 1.165) is 5.56 Å². The Hall–Kier alpha value is -2.05. The second-order valence-corrected chi connectivity index (χ2v) is 6.64. The van der Waals surface area contributed by atoms with E-state index in [4.69, 9.17) is 11.6 Å². The minimum absolute atomic E-state index is 0.0195. The van der Waals surface area contributed by atoms with Crippen LogP contribution in [-0.4, -0.2) is 21.4 Å². The van der Waals surface area contributed by atoms with Gasteiger partial charge in [0.25, 0.3) is 10.0 Å². The summed E-state index contributed by atoms with van der Waals surface area (Å²) < 4.78 is 27.0. The van der Waals surface area contributed by atoms with Gasteiger partial charge in [0.15, 0.2) is 0 Å². The van der Waals surface area contributed by atoms with E-state index in [9.17, 15) is 13.2 Å². The van der Waals surface area contributed by atoms with E-state index >= 15 is 0 Å². The summed E-state index contributed by atoms with van der Waals surface area (Å²) in [7, 11) is -2.18. The molecular formula is C15H15ClN2O3S. The second kappa shape index (κ2) is 6.81. The molecule has 0 aliphatic rings. The van der Waals surface area contributed by atoms with Crippen molar-refractivity contribution in [2.75, 3.05) is 11.8 Å². The van der Waals surface area contributed by atoms with Gasteiger partial charge in [-0.25, -0.2) is 8.42 Å². The number of hydrogen-bond acceptors (Lipinski definition) is 3. The van der Waals surface area contributed by atoms with Crippen molar-refractivity contribution in [3.8, 4) is 0 Å². The number of sulfonamides is 1. The minimum Gasteiger partial charge on any atom is -0.359 e. The predicted octanol–water partition coefficient (Wildman–Crippen LogP) is 2.43. The number of hydrogen-bond donors (Lipinski definition) is 2. The average molecular weight is 339 g/mol. The largest absolute Gasteiger partial charge is 0.359 e. The molecule has 7 heteroatoms. The Bertz CT molecular complexity index is 774. The lowest BCUT2D eigenvalue weighted by molar-refractivity contribution is -0.119. The lowest BCUT2D eigenvalue weighted by Gasteiger charge is -2.10. The van der Waals surface area contributed by atoms with Gasteiger partial charge in [-0.3, -0.25) is 9.52 Å². The van der Waals surface area contributed by atoms with Crippen LogP contribution < -0.4 is 10.0 Å². The Kier molecular flexibility index (Phi) is 5.05. The number of nitrogens with one attached hydrogen (secondary N) is 2. The molecule has 0 fully saturated rings. The summed E-state index contributed by atoms with van der Waals surface area (Å²) in [6, 6.07) is 12.8. The van der Waals surface area contributed by atoms with E-state index in [-0.39, 0.29) is 22.2 Å². The normalized spacial score (nSPS) is 11.0. The molecule has 0 saturated carbocycles. The van der Waals surface area contributed by atoms with Crippen LogP contribution in [0, 0.1) is 0 Å². The molecule has 0 spiro atoms. The van der Waals surface area contributed by atoms with Crippen LogP contribution in [0.25, 0.3) is 0 Å². The zero-order valence-electron chi connectivity index (χ0n) is 11.8. The molecule has 0 heterocycles. The third kappa shape index (κ3) is 3.99. The fourth-order valence-corrected chi connectivity index (χ4v) is 3.42. The summed E-state index contributed by atoms with van der Waals surface area (Å²) in [4.78, 5) is 11.3. The van der Waals surface area contributed by atoms with Gasteiger partial charge in [0, 0.05) is 12.7 Å². The molecule has 116 valence electrons. The van der Waals surface area contributed by atoms with Gasteiger partial charge >= 0.3 is 0 Å². The van der Waals surface area contributed by atoms with E-state index in [0.29, 0.717) is 5.69 Å². The van der Waals surface area contributed by atoms with E-state index in [1.54, 1.807) is 43.4 Å². The first-order valence-electron chi connectivity index (χ1n) is 6.49. The standard InChI is InChI=1S/C15H15ClN2O3S/c1-17-15(19)10-11-6-8-12(9-7-11)18-22(20,21)14-5-3-2-4-13(14)16/h2-9,18H,10H2,1H3,(H,17,19). The fraction of sp³-hybridized carbons (Fsp3) is 0.133. The molecule has 5 nitrogen and oxygen atoms in total. The van der Waals surface area contributed by atoms with Gasteiger partial charge in [-0.1, -0.05) is 35.9 Å². The molecule has 22 heavy (non-hydrogen) atoms. The third-order valence-electron chi connectivity index (χ3n) is 2.98. The monoisotopic (exact) mass is 338 g/mol. The van der Waals surface area contributed by atoms with Gasteiger partial charge in [0.1, 0.15) is 4.90 Å². The molecule has 0 aliphatic heterocycles. The average Bonchev–Trinajstić information content (AvgIpc) is 2.49. The van der Waals surface area contributed by atoms with Crippen molar-refractivity contribution in [1.29, 1.82) is 0 Å². The number of carbonyl (C=O) groups excluding carboxylic acids is 1. The van der Waals surface area contributed by atoms with E-state index < -0.39 is 10.0 Å². The Morgan fingerprint density at radius 1 is 1.09 bits per heavy atom. The highest BCUT2D eigenvalue weighted by molar-refractivity contribution is 7.92. The van der Waals surface area contributed by atoms with Crippen LogP contribution in [0.15, 0.2) is 53.4 Å². The van der Waals surface area contributed by atoms with Crippen molar-refractivity contribution in [2.24, 2.45) is 0 Å². The molecule has 2 rings (SSSR count). The van der Waals surface area contributed by atoms with Crippen LogP contribution in [0.3, 0.4) is 0 Å². The number of carbonyl (C=O) groups is 1. The molecule has 0 atom stereocenters. The topological polar surface area (TPSA) is 75.3 Å². The molecule has 0 aromatic heterocycles. The molecule has 0 saturated heterocycles. The van der Waals surface area contributed by atoms with Gasteiger partial charge in [0.05, 0.1) is 11.4 Å². The number of likely N-dealkylation sites (N-methyl/N-ethyl adjacent to an activating group) is 1. The van der Waals surface area contributed by atoms with Crippen LogP contribution in [0.5, 0.6) is 0 Å². The van der Waals surface area contributed by atoms with Gasteiger partial charge in [-0.05, 0) is 29.8 Å². The van der Waals surface area contributed by atoms with Crippen LogP contribution in [0.1, 0.15) is 5.56 Å². The Morgan fingerprint density at radius 3 is 2.32 bits per heavy atom. The smallest absolute Gasteiger partial charge is 0.263 e. The van der Waals surface area contributed by atoms with Crippen LogP contribution in [0.2, 0.25) is 5.02 Å². The van der Waals surface area contributed by atoms with Gasteiger partial charge in [-0.15, -0.1) is 0 Å². The molecule has 2 aromatic carbocycles. The highest BCUT2D eigenvalue weighted by Gasteiger charge is 2.17. The minimum atomic E-state index is -3.75. The first kappa shape index (κ1) is 16.3. The van der Waals surface area contributed by atoms with Crippen LogP contribution in [0.4, 0.5) is 5.69 Å². The molecule has 2 N–H and O–H groups in total. The lowest BCUT2D eigenvalue weighted by Crippen LogP contribution is -2.19. The highest BCUT2D eigenvalue weighted by atomic mass is 35.5. The van der Waals surface area contributed by atoms with Crippen molar-refractivity contribution in [3.63, 3.8) is 0 Å². The second-order valence-electron chi connectivity index (χ2n) is 4.58. The molecule has 0 bridgehead atoms. The number of rotatable bonds is 5. The first-order chi connectivity index (χ1) is 10.4. The molecule has 0 radical (unpaired) electrons. The third-order valence-corrected chi connectivity index (χ3v) is 4.86. The summed E-state index contributed by atoms with van der Waals surface area (Å²) in [6.45, 7) is 0. The molecular weight excluding hydrogens is 324 g/mol. The van der Waals surface area contributed by atoms with Crippen molar-refractivity contribution >= 4 is 33.2 Å². The quantitative estimate of drug-likeness (QED) is 0.879. The van der Waals surface area contributed by atoms with E-state index in [1.165, 1.54) is 12.1 Å². The zero-order chi connectivity index (χ0) is 16.2. The van der Waals surface area contributed by atoms with Gasteiger partial charge < -0.3 is 5.32 Å². The fourth-order valence-electron chi connectivity index (χ4n) is 1.84. The Morgan fingerprint density at radius 2 is 1.73 bits per heavy atom. The Balaban J connectivity index is 2.17. The lowest BCUT2D eigenvalue weighted by atomic mass is 10.1. The molecule has 0 aliphatic carbocycles. The van der Waals surface area contributed by atoms with Crippen molar-refractivity contribution in [1.82, 2.24) is 5.32 Å². The van der Waals surface area contributed by atoms with Crippen LogP contribution in [-0.2, 0) is 21.2 Å². The molecule has 0 unspecified atom stereocenters. The van der Waals surface area contributed by atoms with E-state index in [1.807, 2.05) is 0 Å². The molecule has 2 aromatic rings. The SMILES string of the molecule is CNC(=O)Cc1ccc(NS(=O)(=O)c2ccccc2Cl)cc1. The summed E-state index contributed by atoms with van der Waals surface area (Å²) in [5, 5.41) is 2.69. The van der Waals surface area contributed by atoms with Crippen LogP contribution >= 0.6 is 11.6 Å². The highest BCUT2D eigenvalue weighted by Crippen LogP contribution is 2.23. The van der Waals surface area contributed by atoms with Crippen molar-refractivity contribution in [2.45, 2.75) is 11.3 Å². The summed E-state index contributed by atoms with van der Waals surface area (Å²) >= 11 is 5.91. The number of anilines is 1. The summed E-state index contributed by atoms with van der Waals surface area (Å²) in [6.07, 6.45) is 0.244. The van der Waals surface area contributed by atoms with E-state index in [2.05, 4.69) is 10.0 Å². The number of benzene rings is 2. The maximum atomic E-state index is 12.3. The van der Waals surface area contributed by atoms with Crippen molar-refractivity contribution in [3.05, 3.63) is 59.1 Å². The Labute approximate surface area is 134 Å². The number of amides is 1. The van der Waals surface area contributed by atoms with Gasteiger partial charge in [-0.2, -0.15) is 0 Å². The molecule has 1 amide bonds.